The van der Waals surface area contributed by atoms with Gasteiger partial charge in [-0.3, -0.25) is 9.59 Å². The Morgan fingerprint density at radius 2 is 1.71 bits per heavy atom. The number of benzene rings is 2. The first kappa shape index (κ1) is 23.4. The maximum atomic E-state index is 15.1. The Balaban J connectivity index is 1.85. The number of aromatic carboxylic acids is 1. The molecule has 1 aromatic heterocycles. The number of esters is 1. The fourth-order valence-electron chi connectivity index (χ4n) is 3.90. The third-order valence-electron chi connectivity index (χ3n) is 5.95. The number of anilines is 1. The van der Waals surface area contributed by atoms with E-state index in [4.69, 9.17) is 4.74 Å². The summed E-state index contributed by atoms with van der Waals surface area (Å²) in [4.78, 5) is 40.5. The SMILES string of the molecule is CC(C)C(=O)Oc1ccc(-n2cc(C(=O)O)c(=O)c3cc(F)c(N4CCN(C)CC4)cc32)cc1. The second-order valence-electron chi connectivity index (χ2n) is 8.73. The molecular weight excluding hydrogens is 441 g/mol. The predicted octanol–water partition coefficient (Wildman–Crippen LogP) is 3.14. The molecular formula is C25H26FN3O5. The summed E-state index contributed by atoms with van der Waals surface area (Å²) in [5.74, 6) is -2.29. The number of carboxylic acid groups (broad SMARTS) is 1. The van der Waals surface area contributed by atoms with Gasteiger partial charge in [0.05, 0.1) is 17.1 Å². The lowest BCUT2D eigenvalue weighted by molar-refractivity contribution is -0.137. The Kier molecular flexibility index (Phi) is 6.39. The van der Waals surface area contributed by atoms with Gasteiger partial charge in [0.1, 0.15) is 17.1 Å². The third kappa shape index (κ3) is 4.51. The highest BCUT2D eigenvalue weighted by Crippen LogP contribution is 2.28. The number of hydrogen-bond acceptors (Lipinski definition) is 6. The van der Waals surface area contributed by atoms with Gasteiger partial charge in [-0.1, -0.05) is 13.8 Å². The molecule has 8 nitrogen and oxygen atoms in total. The Morgan fingerprint density at radius 1 is 1.06 bits per heavy atom. The molecule has 0 aliphatic carbocycles. The lowest BCUT2D eigenvalue weighted by Gasteiger charge is -2.34. The molecule has 0 spiro atoms. The molecule has 0 saturated carbocycles. The number of carboxylic acids is 1. The molecule has 3 aromatic rings. The number of nitrogens with zero attached hydrogens (tertiary/aromatic N) is 3. The van der Waals surface area contributed by atoms with Crippen LogP contribution in [-0.4, -0.2) is 59.7 Å². The molecule has 0 bridgehead atoms. The van der Waals surface area contributed by atoms with E-state index in [1.807, 2.05) is 11.9 Å². The number of pyridine rings is 1. The largest absolute Gasteiger partial charge is 0.477 e. The molecule has 0 amide bonds. The van der Waals surface area contributed by atoms with Gasteiger partial charge in [0.15, 0.2) is 0 Å². The Hall–Kier alpha value is -3.72. The van der Waals surface area contributed by atoms with Crippen molar-refractivity contribution in [2.45, 2.75) is 13.8 Å². The van der Waals surface area contributed by atoms with Gasteiger partial charge < -0.3 is 24.2 Å². The number of carbonyl (C=O) groups excluding carboxylic acids is 1. The number of carbonyl (C=O) groups is 2. The molecule has 0 atom stereocenters. The normalized spacial score (nSPS) is 14.6. The van der Waals surface area contributed by atoms with E-state index in [0.717, 1.165) is 19.2 Å². The summed E-state index contributed by atoms with van der Waals surface area (Å²) >= 11 is 0. The summed E-state index contributed by atoms with van der Waals surface area (Å²) in [5, 5.41) is 9.54. The van der Waals surface area contributed by atoms with Crippen LogP contribution >= 0.6 is 0 Å². The van der Waals surface area contributed by atoms with Crippen LogP contribution in [-0.2, 0) is 4.79 Å². The van der Waals surface area contributed by atoms with Crippen LogP contribution < -0.4 is 15.1 Å². The van der Waals surface area contributed by atoms with Crippen molar-refractivity contribution in [1.29, 1.82) is 0 Å². The minimum absolute atomic E-state index is 0.0226. The van der Waals surface area contributed by atoms with E-state index >= 15 is 4.39 Å². The van der Waals surface area contributed by atoms with E-state index < -0.39 is 22.8 Å². The zero-order chi connectivity index (χ0) is 24.6. The fraction of sp³-hybridized carbons (Fsp3) is 0.320. The molecule has 1 aliphatic rings. The maximum absolute atomic E-state index is 15.1. The minimum Gasteiger partial charge on any atom is -0.477 e. The van der Waals surface area contributed by atoms with Crippen molar-refractivity contribution in [3.63, 3.8) is 0 Å². The lowest BCUT2D eigenvalue weighted by atomic mass is 10.1. The highest BCUT2D eigenvalue weighted by molar-refractivity contribution is 5.94. The molecule has 178 valence electrons. The standard InChI is InChI=1S/C25H26FN3O5/c1-15(2)25(33)34-17-6-4-16(5-7-17)29-14-19(24(31)32)23(30)18-12-20(26)22(13-21(18)29)28-10-8-27(3)9-11-28/h4-7,12-15H,8-11H2,1-3H3,(H,31,32). The number of halogens is 1. The lowest BCUT2D eigenvalue weighted by Crippen LogP contribution is -2.44. The molecule has 34 heavy (non-hydrogen) atoms. The second-order valence-corrected chi connectivity index (χ2v) is 8.73. The minimum atomic E-state index is -1.40. The first-order chi connectivity index (χ1) is 16.2. The number of rotatable bonds is 5. The molecule has 2 aromatic carbocycles. The molecule has 1 fully saturated rings. The van der Waals surface area contributed by atoms with E-state index in [-0.39, 0.29) is 17.3 Å². The van der Waals surface area contributed by atoms with Gasteiger partial charge in [-0.2, -0.15) is 0 Å². The van der Waals surface area contributed by atoms with Crippen molar-refractivity contribution < 1.29 is 23.8 Å². The average molecular weight is 467 g/mol. The summed E-state index contributed by atoms with van der Waals surface area (Å²) in [7, 11) is 2.00. The topological polar surface area (TPSA) is 92.1 Å². The van der Waals surface area contributed by atoms with Crippen molar-refractivity contribution in [1.82, 2.24) is 9.47 Å². The van der Waals surface area contributed by atoms with Gasteiger partial charge in [0.25, 0.3) is 0 Å². The molecule has 4 rings (SSSR count). The number of piperazine rings is 1. The number of ether oxygens (including phenoxy) is 1. The van der Waals surface area contributed by atoms with Crippen LogP contribution in [0.15, 0.2) is 47.4 Å². The quantitative estimate of drug-likeness (QED) is 0.455. The first-order valence-corrected chi connectivity index (χ1v) is 11.0. The third-order valence-corrected chi connectivity index (χ3v) is 5.95. The van der Waals surface area contributed by atoms with Crippen LogP contribution in [0.1, 0.15) is 24.2 Å². The van der Waals surface area contributed by atoms with Crippen molar-refractivity contribution in [3.05, 3.63) is 64.2 Å². The Morgan fingerprint density at radius 3 is 2.29 bits per heavy atom. The van der Waals surface area contributed by atoms with Crippen LogP contribution in [0.2, 0.25) is 0 Å². The highest BCUT2D eigenvalue weighted by Gasteiger charge is 2.22. The number of hydrogen-bond donors (Lipinski definition) is 1. The number of fused-ring (bicyclic) bond motifs is 1. The second kappa shape index (κ2) is 9.26. The van der Waals surface area contributed by atoms with Crippen molar-refractivity contribution >= 4 is 28.5 Å². The van der Waals surface area contributed by atoms with Crippen LogP contribution in [0.4, 0.5) is 10.1 Å². The van der Waals surface area contributed by atoms with Crippen LogP contribution in [0, 0.1) is 11.7 Å². The van der Waals surface area contributed by atoms with Crippen molar-refractivity contribution in [2.24, 2.45) is 5.92 Å². The number of likely N-dealkylation sites (N-methyl/N-ethyl adjacent to an activating group) is 1. The van der Waals surface area contributed by atoms with E-state index in [2.05, 4.69) is 4.90 Å². The van der Waals surface area contributed by atoms with E-state index in [1.165, 1.54) is 6.20 Å². The Bertz CT molecular complexity index is 1310. The zero-order valence-electron chi connectivity index (χ0n) is 19.2. The van der Waals surface area contributed by atoms with E-state index in [1.54, 1.807) is 48.7 Å². The summed E-state index contributed by atoms with van der Waals surface area (Å²) in [5.41, 5.74) is 0.0731. The van der Waals surface area contributed by atoms with Gasteiger partial charge in [-0.25, -0.2) is 9.18 Å². The van der Waals surface area contributed by atoms with Gasteiger partial charge in [-0.05, 0) is 43.4 Å². The summed E-state index contributed by atoms with van der Waals surface area (Å²) < 4.78 is 21.9. The monoisotopic (exact) mass is 467 g/mol. The van der Waals surface area contributed by atoms with Crippen LogP contribution in [0.25, 0.3) is 16.6 Å². The van der Waals surface area contributed by atoms with E-state index in [0.29, 0.717) is 35.7 Å². The van der Waals surface area contributed by atoms with Gasteiger partial charge >= 0.3 is 11.9 Å². The van der Waals surface area contributed by atoms with Crippen molar-refractivity contribution in [2.75, 3.05) is 38.1 Å². The smallest absolute Gasteiger partial charge is 0.341 e. The molecule has 1 N–H and O–H groups in total. The highest BCUT2D eigenvalue weighted by atomic mass is 19.1. The maximum Gasteiger partial charge on any atom is 0.341 e. The Labute approximate surface area is 195 Å². The van der Waals surface area contributed by atoms with Crippen molar-refractivity contribution in [3.8, 4) is 11.4 Å². The molecule has 9 heteroatoms. The van der Waals surface area contributed by atoms with Crippen LogP contribution in [0.5, 0.6) is 5.75 Å². The molecule has 2 heterocycles. The van der Waals surface area contributed by atoms with Crippen LogP contribution in [0.3, 0.4) is 0 Å². The van der Waals surface area contributed by atoms with Gasteiger partial charge in [0.2, 0.25) is 5.43 Å². The molecule has 1 saturated heterocycles. The summed E-state index contributed by atoms with van der Waals surface area (Å²) in [6.45, 7) is 6.28. The molecule has 0 unspecified atom stereocenters. The summed E-state index contributed by atoms with van der Waals surface area (Å²) in [6, 6.07) is 9.19. The zero-order valence-corrected chi connectivity index (χ0v) is 19.2. The fourth-order valence-corrected chi connectivity index (χ4v) is 3.90. The number of aromatic nitrogens is 1. The van der Waals surface area contributed by atoms with E-state index in [9.17, 15) is 19.5 Å². The predicted molar refractivity (Wildman–Crippen MR) is 127 cm³/mol. The molecule has 1 aliphatic heterocycles. The first-order valence-electron chi connectivity index (χ1n) is 11.0. The van der Waals surface area contributed by atoms with Gasteiger partial charge in [-0.15, -0.1) is 0 Å². The van der Waals surface area contributed by atoms with Gasteiger partial charge in [0, 0.05) is 43.4 Å². The average Bonchev–Trinajstić information content (AvgIpc) is 2.80. The molecule has 0 radical (unpaired) electrons. The summed E-state index contributed by atoms with van der Waals surface area (Å²) in [6.07, 6.45) is 1.24.